The molecule has 0 radical (unpaired) electrons. The zero-order chi connectivity index (χ0) is 17.2. The molecule has 2 saturated carbocycles. The molecule has 1 aliphatic heterocycles. The Morgan fingerprint density at radius 2 is 2.00 bits per heavy atom. The Balaban J connectivity index is 1.39. The number of likely N-dealkylation sites (tertiary alicyclic amines) is 1. The van der Waals surface area contributed by atoms with E-state index in [0.29, 0.717) is 35.6 Å². The van der Waals surface area contributed by atoms with Crippen LogP contribution in [-0.2, 0) is 10.4 Å². The lowest BCUT2D eigenvalue weighted by Gasteiger charge is -2.31. The van der Waals surface area contributed by atoms with Gasteiger partial charge in [0.2, 0.25) is 5.91 Å². The maximum Gasteiger partial charge on any atom is 0.225 e. The third kappa shape index (κ3) is 2.40. The molecule has 3 fully saturated rings. The average Bonchev–Trinajstić information content (AvgIpc) is 3.17. The van der Waals surface area contributed by atoms with E-state index in [1.54, 1.807) is 6.20 Å². The smallest absolute Gasteiger partial charge is 0.225 e. The Morgan fingerprint density at radius 3 is 2.64 bits per heavy atom. The average molecular weight is 360 g/mol. The van der Waals surface area contributed by atoms with E-state index in [2.05, 4.69) is 10.2 Å². The lowest BCUT2D eigenvalue weighted by Crippen LogP contribution is -2.38. The van der Waals surface area contributed by atoms with Gasteiger partial charge in [-0.05, 0) is 55.2 Å². The molecular formula is C19H22ClN3O2. The van der Waals surface area contributed by atoms with Crippen molar-refractivity contribution in [3.05, 3.63) is 28.9 Å². The van der Waals surface area contributed by atoms with Gasteiger partial charge in [-0.1, -0.05) is 18.0 Å². The first kappa shape index (κ1) is 15.6. The van der Waals surface area contributed by atoms with Gasteiger partial charge >= 0.3 is 0 Å². The molecule has 1 saturated heterocycles. The van der Waals surface area contributed by atoms with Crippen LogP contribution < -0.4 is 0 Å². The lowest BCUT2D eigenvalue weighted by molar-refractivity contribution is -0.137. The molecule has 0 unspecified atom stereocenters. The van der Waals surface area contributed by atoms with Crippen molar-refractivity contribution >= 4 is 28.4 Å². The molecular weight excluding hydrogens is 338 g/mol. The fraction of sp³-hybridized carbons (Fsp3) is 0.579. The highest BCUT2D eigenvalue weighted by Gasteiger charge is 2.51. The molecule has 0 spiro atoms. The van der Waals surface area contributed by atoms with Crippen LogP contribution >= 0.6 is 11.6 Å². The first-order valence-corrected chi connectivity index (χ1v) is 9.55. The number of hydrogen-bond donors (Lipinski definition) is 2. The van der Waals surface area contributed by atoms with Crippen LogP contribution in [0.4, 0.5) is 0 Å². The second kappa shape index (κ2) is 5.45. The monoisotopic (exact) mass is 359 g/mol. The minimum Gasteiger partial charge on any atom is -0.385 e. The van der Waals surface area contributed by atoms with Crippen molar-refractivity contribution in [1.29, 1.82) is 0 Å². The molecule has 3 aliphatic rings. The molecule has 2 aliphatic carbocycles. The van der Waals surface area contributed by atoms with E-state index in [-0.39, 0.29) is 5.92 Å². The first-order valence-electron chi connectivity index (χ1n) is 9.18. The van der Waals surface area contributed by atoms with Crippen LogP contribution in [-0.4, -0.2) is 39.2 Å². The van der Waals surface area contributed by atoms with Gasteiger partial charge in [-0.2, -0.15) is 5.10 Å². The third-order valence-corrected chi connectivity index (χ3v) is 6.79. The standard InChI is InChI=1S/C19H22ClN3O2/c20-14-4-16(15-8-21-22-17(15)5-14)19(25)6-12-9-23(10-13(12)7-19)18(24)11-2-1-3-11/h4-5,8,11-13,25H,1-3,6-7,9-10H2,(H,21,22)/t12-,13+,19-. The van der Waals surface area contributed by atoms with E-state index in [9.17, 15) is 9.90 Å². The summed E-state index contributed by atoms with van der Waals surface area (Å²) in [5.74, 6) is 1.34. The molecule has 0 bridgehead atoms. The largest absolute Gasteiger partial charge is 0.385 e. The number of carbonyl (C=O) groups excluding carboxylic acids is 1. The van der Waals surface area contributed by atoms with Crippen LogP contribution in [0.25, 0.3) is 10.9 Å². The second-order valence-corrected chi connectivity index (χ2v) is 8.55. The van der Waals surface area contributed by atoms with Crippen LogP contribution in [0.3, 0.4) is 0 Å². The minimum absolute atomic E-state index is 0.260. The molecule has 5 nitrogen and oxygen atoms in total. The number of H-pyrrole nitrogens is 1. The second-order valence-electron chi connectivity index (χ2n) is 8.12. The van der Waals surface area contributed by atoms with E-state index < -0.39 is 5.60 Å². The highest BCUT2D eigenvalue weighted by Crippen LogP contribution is 2.51. The highest BCUT2D eigenvalue weighted by molar-refractivity contribution is 6.31. The topological polar surface area (TPSA) is 69.2 Å². The fourth-order valence-electron chi connectivity index (χ4n) is 5.07. The van der Waals surface area contributed by atoms with Crippen LogP contribution in [0.5, 0.6) is 0 Å². The number of carbonyl (C=O) groups is 1. The molecule has 132 valence electrons. The molecule has 25 heavy (non-hydrogen) atoms. The summed E-state index contributed by atoms with van der Waals surface area (Å²) in [5, 5.41) is 20.0. The molecule has 1 aromatic heterocycles. The third-order valence-electron chi connectivity index (χ3n) is 6.57. The van der Waals surface area contributed by atoms with Gasteiger partial charge in [0.15, 0.2) is 0 Å². The summed E-state index contributed by atoms with van der Waals surface area (Å²) in [6.45, 7) is 1.58. The summed E-state index contributed by atoms with van der Waals surface area (Å²) in [6.07, 6.45) is 6.43. The zero-order valence-electron chi connectivity index (χ0n) is 14.0. The van der Waals surface area contributed by atoms with Crippen molar-refractivity contribution in [2.24, 2.45) is 17.8 Å². The quantitative estimate of drug-likeness (QED) is 0.865. The number of nitrogens with zero attached hydrogens (tertiary/aromatic N) is 2. The predicted molar refractivity (Wildman–Crippen MR) is 95.1 cm³/mol. The van der Waals surface area contributed by atoms with Crippen molar-refractivity contribution < 1.29 is 9.90 Å². The van der Waals surface area contributed by atoms with Gasteiger partial charge < -0.3 is 10.0 Å². The number of aromatic amines is 1. The van der Waals surface area contributed by atoms with Gasteiger partial charge in [-0.3, -0.25) is 9.89 Å². The lowest BCUT2D eigenvalue weighted by atomic mass is 9.84. The Bertz CT molecular complexity index is 830. The van der Waals surface area contributed by atoms with Gasteiger partial charge in [-0.15, -0.1) is 0 Å². The Morgan fingerprint density at radius 1 is 1.28 bits per heavy atom. The van der Waals surface area contributed by atoms with Crippen LogP contribution in [0.2, 0.25) is 5.02 Å². The van der Waals surface area contributed by atoms with Gasteiger partial charge in [0, 0.05) is 29.4 Å². The van der Waals surface area contributed by atoms with Crippen LogP contribution in [0, 0.1) is 17.8 Å². The van der Waals surface area contributed by atoms with E-state index in [0.717, 1.165) is 42.4 Å². The Kier molecular flexibility index (Phi) is 3.41. The van der Waals surface area contributed by atoms with Crippen molar-refractivity contribution in [3.8, 4) is 0 Å². The zero-order valence-corrected chi connectivity index (χ0v) is 14.8. The maximum atomic E-state index is 12.5. The molecule has 1 amide bonds. The summed E-state index contributed by atoms with van der Waals surface area (Å²) >= 11 is 6.25. The highest BCUT2D eigenvalue weighted by atomic mass is 35.5. The van der Waals surface area contributed by atoms with Crippen LogP contribution in [0.1, 0.15) is 37.7 Å². The molecule has 6 heteroatoms. The molecule has 2 aromatic rings. The van der Waals surface area contributed by atoms with E-state index in [1.807, 2.05) is 17.0 Å². The van der Waals surface area contributed by atoms with E-state index >= 15 is 0 Å². The first-order chi connectivity index (χ1) is 12.0. The SMILES string of the molecule is O=C(C1CCC1)N1C[C@@H]2C[C@@](O)(c3cc(Cl)cc4[nH]ncc34)C[C@@H]2C1. The van der Waals surface area contributed by atoms with Crippen LogP contribution in [0.15, 0.2) is 18.3 Å². The van der Waals surface area contributed by atoms with E-state index in [1.165, 1.54) is 6.42 Å². The fourth-order valence-corrected chi connectivity index (χ4v) is 5.28. The normalized spacial score (nSPS) is 32.2. The van der Waals surface area contributed by atoms with Crippen molar-refractivity contribution in [2.45, 2.75) is 37.7 Å². The summed E-state index contributed by atoms with van der Waals surface area (Å²) in [5.41, 5.74) is 0.846. The summed E-state index contributed by atoms with van der Waals surface area (Å²) in [4.78, 5) is 14.6. The summed E-state index contributed by atoms with van der Waals surface area (Å²) in [7, 11) is 0. The van der Waals surface area contributed by atoms with Gasteiger partial charge in [0.25, 0.3) is 0 Å². The van der Waals surface area contributed by atoms with Crippen molar-refractivity contribution in [3.63, 3.8) is 0 Å². The summed E-state index contributed by atoms with van der Waals surface area (Å²) in [6, 6.07) is 3.71. The van der Waals surface area contributed by atoms with Crippen molar-refractivity contribution in [1.82, 2.24) is 15.1 Å². The van der Waals surface area contributed by atoms with Gasteiger partial charge in [-0.25, -0.2) is 0 Å². The number of fused-ring (bicyclic) bond motifs is 2. The van der Waals surface area contributed by atoms with Gasteiger partial charge in [0.05, 0.1) is 17.3 Å². The molecule has 3 atom stereocenters. The number of hydrogen-bond acceptors (Lipinski definition) is 3. The maximum absolute atomic E-state index is 12.5. The molecule has 2 N–H and O–H groups in total. The summed E-state index contributed by atoms with van der Waals surface area (Å²) < 4.78 is 0. The number of rotatable bonds is 2. The van der Waals surface area contributed by atoms with Gasteiger partial charge in [0.1, 0.15) is 0 Å². The van der Waals surface area contributed by atoms with E-state index in [4.69, 9.17) is 11.6 Å². The number of nitrogens with one attached hydrogen (secondary N) is 1. The Hall–Kier alpha value is -1.59. The molecule has 2 heterocycles. The van der Waals surface area contributed by atoms with Crippen molar-refractivity contribution in [2.75, 3.05) is 13.1 Å². The number of aromatic nitrogens is 2. The predicted octanol–water partition coefficient (Wildman–Crippen LogP) is 3.07. The number of aliphatic hydroxyl groups is 1. The molecule has 5 rings (SSSR count). The number of halogens is 1. The minimum atomic E-state index is -0.881. The Labute approximate surface area is 151 Å². The molecule has 1 aromatic carbocycles. The number of benzene rings is 1. The number of amides is 1.